The molecular formula is C16H27N2+. The van der Waals surface area contributed by atoms with E-state index in [1.54, 1.807) is 0 Å². The van der Waals surface area contributed by atoms with Crippen LogP contribution in [0, 0.1) is 5.92 Å². The lowest BCUT2D eigenvalue weighted by Crippen LogP contribution is -2.42. The first kappa shape index (κ1) is 12.3. The molecule has 2 unspecified atom stereocenters. The molecule has 0 saturated heterocycles. The van der Waals surface area contributed by atoms with Crippen LogP contribution in [-0.4, -0.2) is 4.57 Å². The molecule has 2 atom stereocenters. The van der Waals surface area contributed by atoms with Gasteiger partial charge in [-0.25, -0.2) is 9.13 Å². The molecule has 0 radical (unpaired) electrons. The number of aromatic nitrogens is 2. The second-order valence-electron chi connectivity index (χ2n) is 6.43. The zero-order valence-electron chi connectivity index (χ0n) is 11.7. The second-order valence-corrected chi connectivity index (χ2v) is 6.43. The zero-order chi connectivity index (χ0) is 12.4. The largest absolute Gasteiger partial charge is 0.244 e. The summed E-state index contributed by atoms with van der Waals surface area (Å²) in [6.45, 7) is 2.43. The van der Waals surface area contributed by atoms with Gasteiger partial charge in [-0.3, -0.25) is 0 Å². The lowest BCUT2D eigenvalue weighted by atomic mass is 9.86. The fourth-order valence-corrected chi connectivity index (χ4v) is 3.92. The van der Waals surface area contributed by atoms with E-state index < -0.39 is 0 Å². The summed E-state index contributed by atoms with van der Waals surface area (Å²) in [6.07, 6.45) is 19.7. The van der Waals surface area contributed by atoms with Crippen molar-refractivity contribution in [1.82, 2.24) is 4.57 Å². The molecule has 0 N–H and O–H groups in total. The van der Waals surface area contributed by atoms with E-state index in [0.29, 0.717) is 0 Å². The van der Waals surface area contributed by atoms with Crippen molar-refractivity contribution in [3.05, 3.63) is 18.7 Å². The van der Waals surface area contributed by atoms with Crippen molar-refractivity contribution in [2.45, 2.75) is 76.8 Å². The molecule has 2 aliphatic rings. The third kappa shape index (κ3) is 2.48. The fraction of sp³-hybridized carbons (Fsp3) is 0.812. The average Bonchev–Trinajstić information content (AvgIpc) is 2.90. The van der Waals surface area contributed by atoms with E-state index in [2.05, 4.69) is 34.8 Å². The summed E-state index contributed by atoms with van der Waals surface area (Å²) in [7, 11) is 0. The molecule has 0 spiro atoms. The molecule has 2 saturated carbocycles. The molecule has 100 valence electrons. The topological polar surface area (TPSA) is 8.81 Å². The Balaban J connectivity index is 1.71. The molecule has 1 heterocycles. The molecule has 2 aliphatic carbocycles. The van der Waals surface area contributed by atoms with Gasteiger partial charge in [0.25, 0.3) is 0 Å². The Morgan fingerprint density at radius 1 is 0.944 bits per heavy atom. The van der Waals surface area contributed by atoms with Crippen molar-refractivity contribution in [3.8, 4) is 0 Å². The first-order valence-electron chi connectivity index (χ1n) is 7.93. The van der Waals surface area contributed by atoms with Crippen molar-refractivity contribution in [3.63, 3.8) is 0 Å². The van der Waals surface area contributed by atoms with E-state index >= 15 is 0 Å². The summed E-state index contributed by atoms with van der Waals surface area (Å²) in [4.78, 5) is 0. The molecule has 2 nitrogen and oxygen atoms in total. The van der Waals surface area contributed by atoms with Crippen LogP contribution in [-0.2, 0) is 0 Å². The summed E-state index contributed by atoms with van der Waals surface area (Å²) in [6, 6.07) is 1.53. The van der Waals surface area contributed by atoms with Crippen molar-refractivity contribution in [2.24, 2.45) is 5.92 Å². The monoisotopic (exact) mass is 247 g/mol. The number of imidazole rings is 1. The minimum Gasteiger partial charge on any atom is -0.234 e. The van der Waals surface area contributed by atoms with E-state index in [1.165, 1.54) is 57.8 Å². The van der Waals surface area contributed by atoms with Crippen LogP contribution >= 0.6 is 0 Å². The van der Waals surface area contributed by atoms with Crippen LogP contribution in [0.3, 0.4) is 0 Å². The van der Waals surface area contributed by atoms with Crippen LogP contribution in [0.15, 0.2) is 18.7 Å². The van der Waals surface area contributed by atoms with Gasteiger partial charge in [-0.1, -0.05) is 19.8 Å². The molecule has 0 aromatic carbocycles. The Hall–Kier alpha value is -0.790. The predicted molar refractivity (Wildman–Crippen MR) is 73.4 cm³/mol. The van der Waals surface area contributed by atoms with E-state index in [0.717, 1.165) is 18.0 Å². The highest BCUT2D eigenvalue weighted by molar-refractivity contribution is 4.79. The average molecular weight is 247 g/mol. The number of hydrogen-bond acceptors (Lipinski definition) is 0. The molecule has 0 bridgehead atoms. The molecule has 1 aromatic rings. The minimum absolute atomic E-state index is 0.753. The maximum atomic E-state index is 2.50. The number of hydrogen-bond donors (Lipinski definition) is 0. The first-order valence-corrected chi connectivity index (χ1v) is 7.93. The van der Waals surface area contributed by atoms with Crippen molar-refractivity contribution in [2.75, 3.05) is 0 Å². The molecule has 18 heavy (non-hydrogen) atoms. The van der Waals surface area contributed by atoms with Gasteiger partial charge in [-0.2, -0.15) is 0 Å². The van der Waals surface area contributed by atoms with E-state index in [9.17, 15) is 0 Å². The van der Waals surface area contributed by atoms with Crippen molar-refractivity contribution >= 4 is 0 Å². The van der Waals surface area contributed by atoms with Crippen LogP contribution in [0.2, 0.25) is 0 Å². The predicted octanol–water partition coefficient (Wildman–Crippen LogP) is 4.03. The molecule has 0 aliphatic heterocycles. The Bertz CT molecular complexity index is 376. The standard InChI is InChI=1S/C16H27N2/c1-14-7-5-6-10-16(14)18-12-11-17(13-18)15-8-3-2-4-9-15/h11-16H,2-10H2,1H3/q+1. The fourth-order valence-electron chi connectivity index (χ4n) is 3.92. The molecule has 0 amide bonds. The van der Waals surface area contributed by atoms with Gasteiger partial charge >= 0.3 is 0 Å². The zero-order valence-corrected chi connectivity index (χ0v) is 11.7. The lowest BCUT2D eigenvalue weighted by molar-refractivity contribution is -0.731. The number of nitrogens with zero attached hydrogens (tertiary/aromatic N) is 2. The van der Waals surface area contributed by atoms with Crippen LogP contribution in [0.1, 0.15) is 76.8 Å². The van der Waals surface area contributed by atoms with Crippen LogP contribution in [0.5, 0.6) is 0 Å². The maximum absolute atomic E-state index is 2.50. The highest BCUT2D eigenvalue weighted by Gasteiger charge is 2.28. The summed E-state index contributed by atoms with van der Waals surface area (Å²) in [5, 5.41) is 0. The molecule has 2 heteroatoms. The Morgan fingerprint density at radius 3 is 2.44 bits per heavy atom. The van der Waals surface area contributed by atoms with Gasteiger partial charge in [0.15, 0.2) is 0 Å². The van der Waals surface area contributed by atoms with Gasteiger partial charge in [-0.05, 0) is 50.9 Å². The SMILES string of the molecule is CC1CCCCC1[n+]1ccn(C2CCCCC2)c1. The molecule has 3 rings (SSSR count). The highest BCUT2D eigenvalue weighted by atomic mass is 15.1. The van der Waals surface area contributed by atoms with Gasteiger partial charge in [0, 0.05) is 0 Å². The second kappa shape index (κ2) is 5.46. The third-order valence-electron chi connectivity index (χ3n) is 5.12. The van der Waals surface area contributed by atoms with Crippen LogP contribution in [0.25, 0.3) is 0 Å². The lowest BCUT2D eigenvalue weighted by Gasteiger charge is -2.26. The molecule has 1 aromatic heterocycles. The highest BCUT2D eigenvalue weighted by Crippen LogP contribution is 2.31. The summed E-state index contributed by atoms with van der Waals surface area (Å²) >= 11 is 0. The van der Waals surface area contributed by atoms with Crippen LogP contribution in [0.4, 0.5) is 0 Å². The van der Waals surface area contributed by atoms with Gasteiger partial charge < -0.3 is 0 Å². The van der Waals surface area contributed by atoms with Crippen molar-refractivity contribution in [1.29, 1.82) is 0 Å². The quantitative estimate of drug-likeness (QED) is 0.698. The summed E-state index contributed by atoms with van der Waals surface area (Å²) in [5.74, 6) is 0.853. The summed E-state index contributed by atoms with van der Waals surface area (Å²) in [5.41, 5.74) is 0. The molecule has 2 fully saturated rings. The number of rotatable bonds is 2. The normalized spacial score (nSPS) is 30.5. The van der Waals surface area contributed by atoms with Gasteiger partial charge in [0.1, 0.15) is 24.5 Å². The first-order chi connectivity index (χ1) is 8.84. The van der Waals surface area contributed by atoms with E-state index in [-0.39, 0.29) is 0 Å². The van der Waals surface area contributed by atoms with Gasteiger partial charge in [0.2, 0.25) is 6.33 Å². The Kier molecular flexibility index (Phi) is 3.72. The van der Waals surface area contributed by atoms with Crippen molar-refractivity contribution < 1.29 is 4.57 Å². The third-order valence-corrected chi connectivity index (χ3v) is 5.12. The molecular weight excluding hydrogens is 220 g/mol. The van der Waals surface area contributed by atoms with E-state index in [4.69, 9.17) is 0 Å². The van der Waals surface area contributed by atoms with Gasteiger partial charge in [-0.15, -0.1) is 0 Å². The summed E-state index contributed by atoms with van der Waals surface area (Å²) < 4.78 is 4.99. The Morgan fingerprint density at radius 2 is 1.67 bits per heavy atom. The Labute approximate surface area is 111 Å². The maximum Gasteiger partial charge on any atom is 0.244 e. The minimum atomic E-state index is 0.753. The van der Waals surface area contributed by atoms with Crippen LogP contribution < -0.4 is 4.57 Å². The van der Waals surface area contributed by atoms with E-state index in [1.807, 2.05) is 0 Å². The smallest absolute Gasteiger partial charge is 0.234 e. The van der Waals surface area contributed by atoms with Gasteiger partial charge in [0.05, 0.1) is 0 Å².